The fraction of sp³-hybridized carbons (Fsp3) is 0.400. The average molecular weight is 1030 g/mol. The van der Waals surface area contributed by atoms with Crippen molar-refractivity contribution < 1.29 is 38.1 Å². The quantitative estimate of drug-likeness (QED) is 0.0259. The normalized spacial score (nSPS) is 12.1. The van der Waals surface area contributed by atoms with Gasteiger partial charge < -0.3 is 38.9 Å². The number of H-pyrrole nitrogens is 4. The minimum absolute atomic E-state index is 0.00508. The van der Waals surface area contributed by atoms with Crippen molar-refractivity contribution in [1.82, 2.24) is 19.9 Å². The summed E-state index contributed by atoms with van der Waals surface area (Å²) in [5.41, 5.74) is -0.436. The van der Waals surface area contributed by atoms with Gasteiger partial charge in [-0.2, -0.15) is 0 Å². The molecule has 1 aliphatic heterocycles. The highest BCUT2D eigenvalue weighted by atomic mass is 16.5. The number of hydrogen-bond acceptors (Lipinski definition) is 12. The van der Waals surface area contributed by atoms with E-state index < -0.39 is 35.0 Å². The van der Waals surface area contributed by atoms with Gasteiger partial charge in [0.2, 0.25) is 0 Å². The molecule has 4 aromatic heterocycles. The summed E-state index contributed by atoms with van der Waals surface area (Å²) in [6, 6.07) is 23.1. The number of ether oxygens (including phenoxy) is 4. The van der Waals surface area contributed by atoms with Gasteiger partial charge in [-0.3, -0.25) is 0 Å². The number of fused-ring (bicyclic) bond motifs is 20. The lowest BCUT2D eigenvalue weighted by atomic mass is 9.90. The van der Waals surface area contributed by atoms with Crippen LogP contribution in [0.4, 0.5) is 23.3 Å². The van der Waals surface area contributed by atoms with Gasteiger partial charge in [0, 0.05) is 43.1 Å². The molecule has 0 saturated heterocycles. The second-order valence-corrected chi connectivity index (χ2v) is 19.4. The molecule has 16 heteroatoms. The van der Waals surface area contributed by atoms with Crippen LogP contribution in [0, 0.1) is 0 Å². The van der Waals surface area contributed by atoms with Crippen molar-refractivity contribution in [1.29, 1.82) is 0 Å². The van der Waals surface area contributed by atoms with Crippen molar-refractivity contribution in [2.75, 3.05) is 26.4 Å². The maximum atomic E-state index is 15.3. The summed E-state index contributed by atoms with van der Waals surface area (Å²) < 4.78 is 24.3. The number of carbonyl (C=O) groups is 4. The van der Waals surface area contributed by atoms with Gasteiger partial charge in [-0.15, -0.1) is 0 Å². The summed E-state index contributed by atoms with van der Waals surface area (Å²) in [5.74, 6) is -2.22. The third-order valence-corrected chi connectivity index (χ3v) is 13.9. The molecule has 8 bridgehead atoms. The zero-order chi connectivity index (χ0) is 53.0. The van der Waals surface area contributed by atoms with Crippen molar-refractivity contribution in [2.24, 2.45) is 20.0 Å². The predicted molar refractivity (Wildman–Crippen MR) is 294 cm³/mol. The molecule has 0 spiro atoms. The molecule has 0 aliphatic carbocycles. The van der Waals surface area contributed by atoms with E-state index in [1.165, 1.54) is 0 Å². The van der Waals surface area contributed by atoms with Crippen molar-refractivity contribution in [3.05, 3.63) is 117 Å². The van der Waals surface area contributed by atoms with E-state index in [4.69, 9.17) is 38.9 Å². The summed E-state index contributed by atoms with van der Waals surface area (Å²) in [4.78, 5) is 95.6. The van der Waals surface area contributed by atoms with Gasteiger partial charge >= 0.3 is 23.9 Å². The molecule has 396 valence electrons. The molecule has 5 heterocycles. The number of hydrogen-bond donors (Lipinski definition) is 4. The van der Waals surface area contributed by atoms with Crippen LogP contribution in [0.1, 0.15) is 172 Å². The molecule has 0 radical (unpaired) electrons. The van der Waals surface area contributed by atoms with E-state index in [1.807, 2.05) is 72.8 Å². The summed E-state index contributed by atoms with van der Waals surface area (Å²) in [6.07, 6.45) is 12.8. The van der Waals surface area contributed by atoms with E-state index in [9.17, 15) is 0 Å². The van der Waals surface area contributed by atoms with Crippen LogP contribution in [0.25, 0.3) is 43.1 Å². The molecule has 0 atom stereocenters. The SMILES string of the molecule is CCCCCCOC(=O)c1c(C(=O)OCCCCCC)c(C(=O)OCCCCCC)c2c3[nH]c(c2c1C(=O)OCCCCCC)=Nc1[nH]c(c2ccccc12)N=c1[nH]c(c2ccccc12)=Nc1[nH]c(c2ccccc12)N=3. The lowest BCUT2D eigenvalue weighted by Crippen LogP contribution is -2.26. The average Bonchev–Trinajstić information content (AvgIpc) is 4.21. The first-order chi connectivity index (χ1) is 37.3. The van der Waals surface area contributed by atoms with Gasteiger partial charge in [0.1, 0.15) is 45.2 Å². The van der Waals surface area contributed by atoms with Crippen LogP contribution in [-0.2, 0) is 18.9 Å². The Morgan fingerprint density at radius 1 is 0.329 bits per heavy atom. The van der Waals surface area contributed by atoms with Gasteiger partial charge in [-0.25, -0.2) is 39.1 Å². The maximum Gasteiger partial charge on any atom is 0.339 e. The molecule has 0 saturated carbocycles. The standard InChI is InChI=1S/C60H68N8O8/c1-5-9-13-23-33-73-57(69)45-43-44(46(58(70)74-34-24-14-10-6-2)48(60(72)76-36-26-16-12-8-4)47(45)59(71)75-35-25-15-11-7-3)56-67-54-42-32-22-20-30-40(42)52(65-54)63-50-38-28-18-17-27-37(38)49(61-50)62-51-39-29-19-21-31-41(39)53(64-51)66-55(43)68-56/h17-22,27-32H,5-16,23-26,33-36H2,1-4H3,(H4,61,62,63,64,65,66,67,68). The van der Waals surface area contributed by atoms with E-state index in [-0.39, 0.29) is 59.3 Å². The zero-order valence-electron chi connectivity index (χ0n) is 44.1. The Labute approximate surface area is 440 Å². The van der Waals surface area contributed by atoms with Gasteiger partial charge in [0.05, 0.1) is 48.7 Å². The Hall–Kier alpha value is -7.88. The first-order valence-electron chi connectivity index (χ1n) is 27.4. The molecular weight excluding hydrogens is 961 g/mol. The molecule has 4 N–H and O–H groups in total. The number of aromatic amines is 4. The number of rotatable bonds is 24. The van der Waals surface area contributed by atoms with Crippen LogP contribution in [-0.4, -0.2) is 70.2 Å². The molecular formula is C60H68N8O8. The van der Waals surface area contributed by atoms with Crippen LogP contribution in [0.5, 0.6) is 0 Å². The molecule has 0 unspecified atom stereocenters. The second kappa shape index (κ2) is 25.1. The fourth-order valence-electron chi connectivity index (χ4n) is 9.91. The third-order valence-electron chi connectivity index (χ3n) is 13.9. The van der Waals surface area contributed by atoms with Crippen molar-refractivity contribution in [2.45, 2.75) is 130 Å². The van der Waals surface area contributed by atoms with Gasteiger partial charge in [-0.05, 0) is 25.7 Å². The Morgan fingerprint density at radius 3 is 0.895 bits per heavy atom. The maximum absolute atomic E-state index is 15.3. The molecule has 1 aliphatic rings. The largest absolute Gasteiger partial charge is 0.462 e. The van der Waals surface area contributed by atoms with Crippen LogP contribution < -0.4 is 22.0 Å². The number of esters is 4. The number of nitrogens with one attached hydrogen (secondary N) is 4. The van der Waals surface area contributed by atoms with Gasteiger partial charge in [0.15, 0.2) is 0 Å². The number of carbonyl (C=O) groups excluding carboxylic acids is 4. The molecule has 4 aromatic carbocycles. The number of benzene rings is 4. The Morgan fingerprint density at radius 2 is 0.592 bits per heavy atom. The molecule has 9 rings (SSSR count). The number of nitrogens with zero attached hydrogens (tertiary/aromatic N) is 4. The predicted octanol–water partition coefficient (Wildman–Crippen LogP) is 12.7. The molecule has 0 fully saturated rings. The molecule has 16 nitrogen and oxygen atoms in total. The Kier molecular flexibility index (Phi) is 17.5. The molecule has 0 amide bonds. The number of unbranched alkanes of at least 4 members (excludes halogenated alkanes) is 12. The smallest absolute Gasteiger partial charge is 0.339 e. The third kappa shape index (κ3) is 11.4. The van der Waals surface area contributed by atoms with Crippen LogP contribution in [0.3, 0.4) is 0 Å². The Bertz CT molecular complexity index is 3440. The minimum Gasteiger partial charge on any atom is -0.462 e. The molecule has 76 heavy (non-hydrogen) atoms. The highest BCUT2D eigenvalue weighted by Gasteiger charge is 2.38. The van der Waals surface area contributed by atoms with E-state index in [0.717, 1.165) is 98.6 Å². The Balaban J connectivity index is 1.44. The van der Waals surface area contributed by atoms with Crippen LogP contribution >= 0.6 is 0 Å². The lowest BCUT2D eigenvalue weighted by molar-refractivity contribution is 0.0417. The summed E-state index contributed by atoms with van der Waals surface area (Å²) in [5, 5.41) is 4.49. The van der Waals surface area contributed by atoms with Crippen LogP contribution in [0.15, 0.2) is 92.8 Å². The summed E-state index contributed by atoms with van der Waals surface area (Å²) in [7, 11) is 0. The van der Waals surface area contributed by atoms with Gasteiger partial charge in [-0.1, -0.05) is 178 Å². The van der Waals surface area contributed by atoms with Crippen LogP contribution in [0.2, 0.25) is 0 Å². The summed E-state index contributed by atoms with van der Waals surface area (Å²) >= 11 is 0. The first-order valence-corrected chi connectivity index (χ1v) is 27.4. The van der Waals surface area contributed by atoms with E-state index in [1.54, 1.807) is 0 Å². The van der Waals surface area contributed by atoms with Gasteiger partial charge in [0.25, 0.3) is 0 Å². The zero-order valence-corrected chi connectivity index (χ0v) is 44.1. The highest BCUT2D eigenvalue weighted by molar-refractivity contribution is 6.24. The van der Waals surface area contributed by atoms with Crippen molar-refractivity contribution in [3.8, 4) is 0 Å². The minimum atomic E-state index is -0.999. The van der Waals surface area contributed by atoms with Crippen molar-refractivity contribution in [3.63, 3.8) is 0 Å². The summed E-state index contributed by atoms with van der Waals surface area (Å²) in [6.45, 7) is 8.35. The van der Waals surface area contributed by atoms with Crippen molar-refractivity contribution >= 4 is 90.2 Å². The fourth-order valence-corrected chi connectivity index (χ4v) is 9.91. The van der Waals surface area contributed by atoms with E-state index in [0.29, 0.717) is 70.7 Å². The topological polar surface area (TPSA) is 218 Å². The second-order valence-electron chi connectivity index (χ2n) is 19.4. The monoisotopic (exact) mass is 1030 g/mol. The van der Waals surface area contributed by atoms with E-state index >= 15 is 19.2 Å². The van der Waals surface area contributed by atoms with E-state index in [2.05, 4.69) is 47.6 Å². The first kappa shape index (κ1) is 53.0. The lowest BCUT2D eigenvalue weighted by Gasteiger charge is -2.19. The number of aromatic nitrogens is 4. The highest BCUT2D eigenvalue weighted by Crippen LogP contribution is 2.37. The molecule has 8 aromatic rings.